The molecule has 5 nitrogen and oxygen atoms in total. The number of piperidine rings is 1. The van der Waals surface area contributed by atoms with Gasteiger partial charge in [-0.05, 0) is 86.0 Å². The van der Waals surface area contributed by atoms with Crippen molar-refractivity contribution < 1.29 is 9.53 Å². The van der Waals surface area contributed by atoms with E-state index in [1.54, 1.807) is 12.0 Å². The number of hydrogen-bond donors (Lipinski definition) is 0. The van der Waals surface area contributed by atoms with Crippen molar-refractivity contribution in [2.24, 2.45) is 4.99 Å². The van der Waals surface area contributed by atoms with Crippen molar-refractivity contribution in [3.8, 4) is 5.75 Å². The summed E-state index contributed by atoms with van der Waals surface area (Å²) in [6.45, 7) is 4.82. The van der Waals surface area contributed by atoms with Crippen molar-refractivity contribution in [2.75, 3.05) is 31.6 Å². The van der Waals surface area contributed by atoms with Crippen LogP contribution in [-0.4, -0.2) is 42.7 Å². The maximum absolute atomic E-state index is 12.9. The Kier molecular flexibility index (Phi) is 6.43. The van der Waals surface area contributed by atoms with Crippen molar-refractivity contribution in [3.05, 3.63) is 59.0 Å². The number of carbonyl (C=O) groups is 1. The van der Waals surface area contributed by atoms with Crippen LogP contribution in [-0.2, 0) is 4.79 Å². The van der Waals surface area contributed by atoms with Gasteiger partial charge in [0.2, 0.25) is 0 Å². The summed E-state index contributed by atoms with van der Waals surface area (Å²) >= 11 is 1.43. The lowest BCUT2D eigenvalue weighted by molar-refractivity contribution is -0.122. The van der Waals surface area contributed by atoms with Crippen LogP contribution in [0.2, 0.25) is 0 Å². The predicted octanol–water partition coefficient (Wildman–Crippen LogP) is 5.31. The first-order valence-electron chi connectivity index (χ1n) is 10.5. The van der Waals surface area contributed by atoms with E-state index >= 15 is 0 Å². The summed E-state index contributed by atoms with van der Waals surface area (Å²) in [6, 6.07) is 16.0. The third kappa shape index (κ3) is 4.54. The third-order valence-corrected chi connectivity index (χ3v) is 6.42. The zero-order valence-electron chi connectivity index (χ0n) is 17.5. The topological polar surface area (TPSA) is 45.1 Å². The second-order valence-electron chi connectivity index (χ2n) is 7.39. The van der Waals surface area contributed by atoms with E-state index in [4.69, 9.17) is 4.74 Å². The number of benzene rings is 2. The van der Waals surface area contributed by atoms with E-state index in [1.807, 2.05) is 37.3 Å². The molecular weight excluding hydrogens is 394 g/mol. The number of anilines is 1. The monoisotopic (exact) mass is 421 g/mol. The minimum Gasteiger partial charge on any atom is -0.497 e. The first kappa shape index (κ1) is 20.5. The highest BCUT2D eigenvalue weighted by molar-refractivity contribution is 8.18. The fourth-order valence-electron chi connectivity index (χ4n) is 3.72. The van der Waals surface area contributed by atoms with Gasteiger partial charge in [0.1, 0.15) is 5.75 Å². The number of methoxy groups -OCH3 is 1. The molecule has 0 aliphatic carbocycles. The Balaban J connectivity index is 1.52. The normalized spacial score (nSPS) is 19.7. The average Bonchev–Trinajstić information content (AvgIpc) is 3.09. The maximum atomic E-state index is 12.9. The lowest BCUT2D eigenvalue weighted by Gasteiger charge is -2.28. The van der Waals surface area contributed by atoms with Gasteiger partial charge in [-0.3, -0.25) is 9.69 Å². The Bertz CT molecular complexity index is 945. The maximum Gasteiger partial charge on any atom is 0.266 e. The molecule has 2 aromatic rings. The molecule has 0 N–H and O–H groups in total. The summed E-state index contributed by atoms with van der Waals surface area (Å²) in [5.74, 6) is 0.796. The second-order valence-corrected chi connectivity index (χ2v) is 8.40. The van der Waals surface area contributed by atoms with Crippen LogP contribution in [0.3, 0.4) is 0 Å². The molecule has 0 saturated carbocycles. The number of likely N-dealkylation sites (N-methyl/N-ethyl adjacent to an activating group) is 1. The SMILES string of the molecule is CCN1C(=O)/C(=C/c2ccc(N3CCCCC3)cc2)SC1=Nc1ccc(OC)cc1. The molecule has 6 heteroatoms. The van der Waals surface area contributed by atoms with Gasteiger partial charge in [-0.2, -0.15) is 0 Å². The number of rotatable bonds is 5. The van der Waals surface area contributed by atoms with E-state index in [0.717, 1.165) is 30.1 Å². The summed E-state index contributed by atoms with van der Waals surface area (Å²) < 4.78 is 5.20. The number of nitrogens with zero attached hydrogens (tertiary/aromatic N) is 3. The Morgan fingerprint density at radius 2 is 1.73 bits per heavy atom. The van der Waals surface area contributed by atoms with Crippen molar-refractivity contribution in [3.63, 3.8) is 0 Å². The highest BCUT2D eigenvalue weighted by Crippen LogP contribution is 2.34. The number of amides is 1. The molecule has 2 saturated heterocycles. The number of amidine groups is 1. The van der Waals surface area contributed by atoms with E-state index in [9.17, 15) is 4.79 Å². The van der Waals surface area contributed by atoms with Gasteiger partial charge in [-0.15, -0.1) is 0 Å². The second kappa shape index (κ2) is 9.39. The Morgan fingerprint density at radius 3 is 2.37 bits per heavy atom. The van der Waals surface area contributed by atoms with Gasteiger partial charge in [0.25, 0.3) is 5.91 Å². The molecule has 0 aromatic heterocycles. The summed E-state index contributed by atoms with van der Waals surface area (Å²) in [5, 5.41) is 0.712. The van der Waals surface area contributed by atoms with Gasteiger partial charge in [-0.1, -0.05) is 12.1 Å². The molecule has 2 aliphatic heterocycles. The van der Waals surface area contributed by atoms with Gasteiger partial charge < -0.3 is 9.64 Å². The van der Waals surface area contributed by atoms with Crippen LogP contribution in [0, 0.1) is 0 Å². The van der Waals surface area contributed by atoms with Gasteiger partial charge in [0.05, 0.1) is 17.7 Å². The van der Waals surface area contributed by atoms with E-state index in [0.29, 0.717) is 16.6 Å². The van der Waals surface area contributed by atoms with Crippen molar-refractivity contribution in [2.45, 2.75) is 26.2 Å². The molecule has 0 atom stereocenters. The predicted molar refractivity (Wildman–Crippen MR) is 126 cm³/mol. The third-order valence-electron chi connectivity index (χ3n) is 5.41. The lowest BCUT2D eigenvalue weighted by Crippen LogP contribution is -2.29. The molecule has 2 aromatic carbocycles. The van der Waals surface area contributed by atoms with E-state index in [-0.39, 0.29) is 5.91 Å². The van der Waals surface area contributed by atoms with Gasteiger partial charge >= 0.3 is 0 Å². The van der Waals surface area contributed by atoms with E-state index in [2.05, 4.69) is 34.2 Å². The number of thioether (sulfide) groups is 1. The van der Waals surface area contributed by atoms with Crippen LogP contribution in [0.4, 0.5) is 11.4 Å². The Morgan fingerprint density at radius 1 is 1.03 bits per heavy atom. The quantitative estimate of drug-likeness (QED) is 0.614. The Hall–Kier alpha value is -2.73. The summed E-state index contributed by atoms with van der Waals surface area (Å²) in [5.41, 5.74) is 3.10. The average molecular weight is 422 g/mol. The Labute approximate surface area is 182 Å². The lowest BCUT2D eigenvalue weighted by atomic mass is 10.1. The fraction of sp³-hybridized carbons (Fsp3) is 0.333. The number of carbonyl (C=O) groups excluding carboxylic acids is 1. The zero-order chi connectivity index (χ0) is 20.9. The zero-order valence-corrected chi connectivity index (χ0v) is 18.3. The largest absolute Gasteiger partial charge is 0.497 e. The van der Waals surface area contributed by atoms with Crippen molar-refractivity contribution in [1.29, 1.82) is 0 Å². The van der Waals surface area contributed by atoms with Crippen molar-refractivity contribution >= 4 is 40.3 Å². The van der Waals surface area contributed by atoms with E-state index in [1.165, 1.54) is 36.7 Å². The molecule has 1 amide bonds. The van der Waals surface area contributed by atoms with Crippen LogP contribution >= 0.6 is 11.8 Å². The van der Waals surface area contributed by atoms with Crippen LogP contribution in [0.15, 0.2) is 58.4 Å². The molecule has 0 unspecified atom stereocenters. The highest BCUT2D eigenvalue weighted by Gasteiger charge is 2.32. The molecule has 30 heavy (non-hydrogen) atoms. The number of ether oxygens (including phenoxy) is 1. The molecule has 2 aliphatic rings. The summed E-state index contributed by atoms with van der Waals surface area (Å²) in [6.07, 6.45) is 5.82. The molecule has 0 spiro atoms. The number of aliphatic imine (C=N–C) groups is 1. The van der Waals surface area contributed by atoms with Gasteiger partial charge in [0, 0.05) is 25.3 Å². The van der Waals surface area contributed by atoms with Crippen LogP contribution < -0.4 is 9.64 Å². The molecule has 156 valence electrons. The highest BCUT2D eigenvalue weighted by atomic mass is 32.2. The summed E-state index contributed by atoms with van der Waals surface area (Å²) in [7, 11) is 1.64. The number of hydrogen-bond acceptors (Lipinski definition) is 5. The smallest absolute Gasteiger partial charge is 0.266 e. The van der Waals surface area contributed by atoms with Crippen molar-refractivity contribution in [1.82, 2.24) is 4.90 Å². The standard InChI is InChI=1S/C24H27N3O2S/c1-3-27-23(28)22(30-24(27)25-19-9-13-21(29-2)14-10-19)17-18-7-11-20(12-8-18)26-15-5-4-6-16-26/h7-14,17H,3-6,15-16H2,1-2H3/b22-17-,25-24?. The first-order chi connectivity index (χ1) is 14.7. The van der Waals surface area contributed by atoms with Crippen LogP contribution in [0.5, 0.6) is 5.75 Å². The molecule has 0 bridgehead atoms. The van der Waals surface area contributed by atoms with Crippen LogP contribution in [0.1, 0.15) is 31.7 Å². The summed E-state index contributed by atoms with van der Waals surface area (Å²) in [4.78, 5) is 22.4. The van der Waals surface area contributed by atoms with E-state index < -0.39 is 0 Å². The molecule has 4 rings (SSSR count). The molecular formula is C24H27N3O2S. The molecule has 0 radical (unpaired) electrons. The van der Waals surface area contributed by atoms with Gasteiger partial charge in [0.15, 0.2) is 5.17 Å². The first-order valence-corrected chi connectivity index (χ1v) is 11.3. The molecule has 2 fully saturated rings. The fourth-order valence-corrected chi connectivity index (χ4v) is 4.78. The van der Waals surface area contributed by atoms with Crippen LogP contribution in [0.25, 0.3) is 6.08 Å². The minimum absolute atomic E-state index is 0.00914. The minimum atomic E-state index is 0.00914. The molecule has 2 heterocycles. The van der Waals surface area contributed by atoms with Gasteiger partial charge in [-0.25, -0.2) is 4.99 Å².